The summed E-state index contributed by atoms with van der Waals surface area (Å²) in [5.41, 5.74) is 8.14. The zero-order valence-corrected chi connectivity index (χ0v) is 13.3. The summed E-state index contributed by atoms with van der Waals surface area (Å²) >= 11 is 0. The molecule has 0 unspecified atom stereocenters. The number of hydrogen-bond acceptors (Lipinski definition) is 6. The van der Waals surface area contributed by atoms with E-state index in [4.69, 9.17) is 5.73 Å². The molecule has 0 spiro atoms. The van der Waals surface area contributed by atoms with E-state index in [2.05, 4.69) is 15.1 Å². The van der Waals surface area contributed by atoms with Gasteiger partial charge in [0.1, 0.15) is 5.75 Å². The van der Waals surface area contributed by atoms with Crippen LogP contribution in [0.2, 0.25) is 0 Å². The molecule has 2 aromatic heterocycles. The van der Waals surface area contributed by atoms with Gasteiger partial charge in [-0.25, -0.2) is 14.6 Å². The van der Waals surface area contributed by atoms with E-state index in [1.165, 1.54) is 10.7 Å². The number of nitrogens with zero attached hydrogens (tertiary/aromatic N) is 4. The molecule has 3 N–H and O–H groups in total. The Hall–Kier alpha value is -3.22. The molecule has 0 aliphatic heterocycles. The molecule has 0 bridgehead atoms. The maximum Gasteiger partial charge on any atom is 0.267 e. The lowest BCUT2D eigenvalue weighted by Crippen LogP contribution is -2.24. The van der Waals surface area contributed by atoms with Crippen molar-refractivity contribution in [1.29, 1.82) is 0 Å². The van der Waals surface area contributed by atoms with Gasteiger partial charge in [0.25, 0.3) is 5.56 Å². The lowest BCUT2D eigenvalue weighted by molar-refractivity contribution is 0.475. The van der Waals surface area contributed by atoms with Crippen molar-refractivity contribution in [2.45, 2.75) is 19.9 Å². The van der Waals surface area contributed by atoms with E-state index in [0.717, 1.165) is 5.56 Å². The van der Waals surface area contributed by atoms with Crippen molar-refractivity contribution in [2.24, 2.45) is 0 Å². The molecule has 0 atom stereocenters. The number of phenolic OH excluding ortho intramolecular Hbond substituents is 1. The fraction of sp³-hybridized carbons (Fsp3) is 0.176. The van der Waals surface area contributed by atoms with Gasteiger partial charge >= 0.3 is 0 Å². The van der Waals surface area contributed by atoms with Crippen molar-refractivity contribution < 1.29 is 5.11 Å². The Bertz CT molecular complexity index is 932. The second kappa shape index (κ2) is 6.11. The Kier molecular flexibility index (Phi) is 3.99. The zero-order chi connectivity index (χ0) is 17.3. The van der Waals surface area contributed by atoms with Crippen LogP contribution < -0.4 is 11.3 Å². The third-order valence-corrected chi connectivity index (χ3v) is 3.54. The monoisotopic (exact) mass is 323 g/mol. The van der Waals surface area contributed by atoms with Crippen LogP contribution in [0.1, 0.15) is 19.9 Å². The molecule has 3 aromatic rings. The summed E-state index contributed by atoms with van der Waals surface area (Å²) in [6.45, 7) is 3.77. The number of aromatic hydroxyl groups is 1. The van der Waals surface area contributed by atoms with Crippen molar-refractivity contribution in [1.82, 2.24) is 19.7 Å². The summed E-state index contributed by atoms with van der Waals surface area (Å²) in [7, 11) is 0. The molecule has 24 heavy (non-hydrogen) atoms. The van der Waals surface area contributed by atoms with Gasteiger partial charge in [-0.05, 0) is 44.2 Å². The van der Waals surface area contributed by atoms with E-state index in [0.29, 0.717) is 17.0 Å². The van der Waals surface area contributed by atoms with E-state index < -0.39 is 0 Å². The Morgan fingerprint density at radius 1 is 1.12 bits per heavy atom. The molecule has 0 aliphatic carbocycles. The third kappa shape index (κ3) is 2.96. The number of aromatic nitrogens is 4. The van der Waals surface area contributed by atoms with Crippen LogP contribution in [-0.2, 0) is 0 Å². The average molecular weight is 323 g/mol. The van der Waals surface area contributed by atoms with Gasteiger partial charge < -0.3 is 10.8 Å². The fourth-order valence-electron chi connectivity index (χ4n) is 2.36. The summed E-state index contributed by atoms with van der Waals surface area (Å²) < 4.78 is 1.41. The van der Waals surface area contributed by atoms with Gasteiger partial charge in [0.15, 0.2) is 0 Å². The molecule has 7 nitrogen and oxygen atoms in total. The summed E-state index contributed by atoms with van der Waals surface area (Å²) in [5.74, 6) is 0.299. The van der Waals surface area contributed by atoms with Crippen LogP contribution in [0.3, 0.4) is 0 Å². The average Bonchev–Trinajstić information content (AvgIpc) is 2.56. The minimum atomic E-state index is -0.170. The number of anilines is 1. The molecular formula is C17H17N5O2. The van der Waals surface area contributed by atoms with Gasteiger partial charge in [0.05, 0.1) is 17.4 Å². The highest BCUT2D eigenvalue weighted by Crippen LogP contribution is 2.30. The van der Waals surface area contributed by atoms with Crippen LogP contribution >= 0.6 is 0 Å². The molecule has 122 valence electrons. The molecule has 3 rings (SSSR count). The summed E-state index contributed by atoms with van der Waals surface area (Å²) in [5, 5.41) is 13.9. The highest BCUT2D eigenvalue weighted by Gasteiger charge is 2.14. The van der Waals surface area contributed by atoms with Crippen LogP contribution in [0.5, 0.6) is 5.75 Å². The summed E-state index contributed by atoms with van der Waals surface area (Å²) in [4.78, 5) is 20.3. The second-order valence-electron chi connectivity index (χ2n) is 5.63. The molecule has 0 saturated heterocycles. The number of nitrogens with two attached hydrogens (primary N) is 1. The summed E-state index contributed by atoms with van der Waals surface area (Å²) in [6.07, 6.45) is 1.59. The molecule has 2 heterocycles. The topological polar surface area (TPSA) is 107 Å². The van der Waals surface area contributed by atoms with Crippen LogP contribution in [0, 0.1) is 0 Å². The Morgan fingerprint density at radius 3 is 2.50 bits per heavy atom. The lowest BCUT2D eigenvalue weighted by Gasteiger charge is -2.12. The van der Waals surface area contributed by atoms with Gasteiger partial charge in [-0.1, -0.05) is 0 Å². The maximum atomic E-state index is 11.9. The first kappa shape index (κ1) is 15.7. The number of phenols is 1. The van der Waals surface area contributed by atoms with Gasteiger partial charge in [0, 0.05) is 23.4 Å². The van der Waals surface area contributed by atoms with E-state index in [1.807, 2.05) is 13.8 Å². The largest absolute Gasteiger partial charge is 0.508 e. The van der Waals surface area contributed by atoms with Crippen LogP contribution in [0.15, 0.2) is 47.4 Å². The Balaban J connectivity index is 2.20. The first-order valence-electron chi connectivity index (χ1n) is 7.48. The van der Waals surface area contributed by atoms with Crippen molar-refractivity contribution >= 4 is 5.95 Å². The molecule has 1 aromatic carbocycles. The second-order valence-corrected chi connectivity index (χ2v) is 5.63. The first-order valence-corrected chi connectivity index (χ1v) is 7.48. The van der Waals surface area contributed by atoms with Gasteiger partial charge in [-0.2, -0.15) is 5.10 Å². The normalized spacial score (nSPS) is 11.0. The van der Waals surface area contributed by atoms with Gasteiger partial charge in [-0.3, -0.25) is 4.79 Å². The standard InChI is InChI=1S/C17H17N5O2/c1-10(2)22-15(24)8-7-14(21-22)13-9-19-17(18)20-16(13)11-3-5-12(23)6-4-11/h3-10,23H,1-2H3,(H2,18,19,20). The minimum absolute atomic E-state index is 0.0655. The first-order chi connectivity index (χ1) is 11.5. The molecule has 0 radical (unpaired) electrons. The predicted octanol–water partition coefficient (Wildman–Crippen LogP) is 2.24. The molecule has 0 amide bonds. The van der Waals surface area contributed by atoms with Crippen molar-refractivity contribution in [3.05, 3.63) is 52.9 Å². The molecule has 0 aliphatic rings. The minimum Gasteiger partial charge on any atom is -0.508 e. The quantitative estimate of drug-likeness (QED) is 0.765. The molecule has 0 saturated carbocycles. The van der Waals surface area contributed by atoms with Crippen molar-refractivity contribution in [3.63, 3.8) is 0 Å². The molecular weight excluding hydrogens is 306 g/mol. The maximum absolute atomic E-state index is 11.9. The SMILES string of the molecule is CC(C)n1nc(-c2cnc(N)nc2-c2ccc(O)cc2)ccc1=O. The van der Waals surface area contributed by atoms with Gasteiger partial charge in [0.2, 0.25) is 5.95 Å². The van der Waals surface area contributed by atoms with Crippen molar-refractivity contribution in [2.75, 3.05) is 5.73 Å². The number of rotatable bonds is 3. The van der Waals surface area contributed by atoms with E-state index >= 15 is 0 Å². The Morgan fingerprint density at radius 2 is 1.83 bits per heavy atom. The number of nitrogen functional groups attached to an aromatic ring is 1. The lowest BCUT2D eigenvalue weighted by atomic mass is 10.0. The molecule has 7 heteroatoms. The third-order valence-electron chi connectivity index (χ3n) is 3.54. The smallest absolute Gasteiger partial charge is 0.267 e. The fourth-order valence-corrected chi connectivity index (χ4v) is 2.36. The van der Waals surface area contributed by atoms with Crippen LogP contribution in [0.25, 0.3) is 22.5 Å². The van der Waals surface area contributed by atoms with Crippen LogP contribution in [-0.4, -0.2) is 24.9 Å². The zero-order valence-electron chi connectivity index (χ0n) is 13.3. The number of hydrogen-bond donors (Lipinski definition) is 2. The predicted molar refractivity (Wildman–Crippen MR) is 91.4 cm³/mol. The van der Waals surface area contributed by atoms with Crippen LogP contribution in [0.4, 0.5) is 5.95 Å². The van der Waals surface area contributed by atoms with E-state index in [-0.39, 0.29) is 23.3 Å². The molecule has 0 fully saturated rings. The Labute approximate surface area is 138 Å². The number of benzene rings is 1. The summed E-state index contributed by atoms with van der Waals surface area (Å²) in [6, 6.07) is 9.65. The van der Waals surface area contributed by atoms with E-state index in [1.54, 1.807) is 36.5 Å². The highest BCUT2D eigenvalue weighted by molar-refractivity contribution is 5.78. The van der Waals surface area contributed by atoms with Gasteiger partial charge in [-0.15, -0.1) is 0 Å². The van der Waals surface area contributed by atoms with Crippen molar-refractivity contribution in [3.8, 4) is 28.3 Å². The highest BCUT2D eigenvalue weighted by atomic mass is 16.3. The van der Waals surface area contributed by atoms with E-state index in [9.17, 15) is 9.90 Å².